The minimum Gasteiger partial charge on any atom is -0.316 e. The van der Waals surface area contributed by atoms with E-state index in [1.807, 2.05) is 38.1 Å². The lowest BCUT2D eigenvalue weighted by molar-refractivity contribution is 0.0963. The Hall–Kier alpha value is -1.22. The van der Waals surface area contributed by atoms with E-state index in [9.17, 15) is 4.79 Å². The van der Waals surface area contributed by atoms with Gasteiger partial charge in [-0.2, -0.15) is 0 Å². The maximum Gasteiger partial charge on any atom is 0.257 e. The lowest BCUT2D eigenvalue weighted by atomic mass is 10.2. The Labute approximate surface area is 87.4 Å². The lowest BCUT2D eigenvalue weighted by Gasteiger charge is -2.19. The molecule has 0 aliphatic carbocycles. The van der Waals surface area contributed by atoms with Crippen molar-refractivity contribution in [3.8, 4) is 0 Å². The summed E-state index contributed by atoms with van der Waals surface area (Å²) in [6, 6.07) is 7.65. The molecule has 1 heterocycles. The molecule has 0 saturated carbocycles. The number of fused-ring (bicyclic) bond motifs is 1. The van der Waals surface area contributed by atoms with Gasteiger partial charge in [0.2, 0.25) is 0 Å². The van der Waals surface area contributed by atoms with Crippen LogP contribution in [0.2, 0.25) is 0 Å². The van der Waals surface area contributed by atoms with Gasteiger partial charge >= 0.3 is 0 Å². The number of hydrogen-bond acceptors (Lipinski definition) is 2. The van der Waals surface area contributed by atoms with Crippen molar-refractivity contribution in [1.29, 1.82) is 0 Å². The van der Waals surface area contributed by atoms with E-state index in [4.69, 9.17) is 0 Å². The molecular formula is C11H11NOS. The van der Waals surface area contributed by atoms with Crippen LogP contribution < -0.4 is 5.32 Å². The van der Waals surface area contributed by atoms with E-state index in [1.54, 1.807) is 11.8 Å². The maximum atomic E-state index is 11.6. The molecular weight excluding hydrogens is 194 g/mol. The Balaban J connectivity index is 2.49. The molecule has 0 spiro atoms. The predicted molar refractivity (Wildman–Crippen MR) is 58.1 cm³/mol. The van der Waals surface area contributed by atoms with Crippen LogP contribution in [0.15, 0.2) is 39.8 Å². The highest BCUT2D eigenvalue weighted by Gasteiger charge is 2.20. The van der Waals surface area contributed by atoms with Crippen molar-refractivity contribution < 1.29 is 4.79 Å². The van der Waals surface area contributed by atoms with Gasteiger partial charge in [-0.15, -0.1) is 0 Å². The van der Waals surface area contributed by atoms with Crippen molar-refractivity contribution in [2.24, 2.45) is 0 Å². The third-order valence-corrected chi connectivity index (χ3v) is 3.32. The molecule has 2 nitrogen and oxygen atoms in total. The van der Waals surface area contributed by atoms with E-state index in [2.05, 4.69) is 5.32 Å². The fourth-order valence-electron chi connectivity index (χ4n) is 1.28. The number of amides is 1. The Morgan fingerprint density at radius 3 is 2.71 bits per heavy atom. The highest BCUT2D eigenvalue weighted by Crippen LogP contribution is 2.33. The highest BCUT2D eigenvalue weighted by atomic mass is 32.2. The standard InChI is InChI=1S/C11H11NOS/c1-7(2)11-12-10(13)8-5-3-4-6-9(8)14-11/h3-6H,1-2H3,(H,12,13). The molecule has 1 aromatic rings. The topological polar surface area (TPSA) is 29.1 Å². The minimum atomic E-state index is -0.00412. The quantitative estimate of drug-likeness (QED) is 0.705. The number of carbonyl (C=O) groups excluding carboxylic acids is 1. The van der Waals surface area contributed by atoms with Gasteiger partial charge in [-0.25, -0.2) is 0 Å². The average molecular weight is 205 g/mol. The van der Waals surface area contributed by atoms with Crippen molar-refractivity contribution in [3.63, 3.8) is 0 Å². The molecule has 0 saturated heterocycles. The summed E-state index contributed by atoms with van der Waals surface area (Å²) >= 11 is 1.62. The van der Waals surface area contributed by atoms with Crippen molar-refractivity contribution in [2.45, 2.75) is 18.7 Å². The van der Waals surface area contributed by atoms with E-state index in [1.165, 1.54) is 0 Å². The summed E-state index contributed by atoms with van der Waals surface area (Å²) in [7, 11) is 0. The third kappa shape index (κ3) is 1.55. The number of rotatable bonds is 0. The van der Waals surface area contributed by atoms with Gasteiger partial charge < -0.3 is 5.32 Å². The molecule has 1 aliphatic heterocycles. The second-order valence-corrected chi connectivity index (χ2v) is 4.43. The molecule has 1 aliphatic rings. The molecule has 3 heteroatoms. The summed E-state index contributed by atoms with van der Waals surface area (Å²) in [5.74, 6) is -0.00412. The Bertz CT molecular complexity index is 419. The predicted octanol–water partition coefficient (Wildman–Crippen LogP) is 2.77. The van der Waals surface area contributed by atoms with Crippen LogP contribution in [-0.4, -0.2) is 5.91 Å². The molecule has 0 unspecified atom stereocenters. The minimum absolute atomic E-state index is 0.00412. The van der Waals surface area contributed by atoms with Crippen molar-refractivity contribution in [2.75, 3.05) is 0 Å². The van der Waals surface area contributed by atoms with Crippen LogP contribution in [0.3, 0.4) is 0 Å². The van der Waals surface area contributed by atoms with E-state index in [0.717, 1.165) is 21.1 Å². The number of hydrogen-bond donors (Lipinski definition) is 1. The van der Waals surface area contributed by atoms with Gasteiger partial charge in [-0.3, -0.25) is 4.79 Å². The van der Waals surface area contributed by atoms with Crippen LogP contribution >= 0.6 is 11.8 Å². The number of thioether (sulfide) groups is 1. The number of nitrogens with one attached hydrogen (secondary N) is 1. The summed E-state index contributed by atoms with van der Waals surface area (Å²) in [5, 5.41) is 3.83. The first-order chi connectivity index (χ1) is 6.68. The molecule has 2 rings (SSSR count). The lowest BCUT2D eigenvalue weighted by Crippen LogP contribution is -2.26. The van der Waals surface area contributed by atoms with Gasteiger partial charge in [-0.1, -0.05) is 23.9 Å². The van der Waals surface area contributed by atoms with E-state index < -0.39 is 0 Å². The van der Waals surface area contributed by atoms with E-state index >= 15 is 0 Å². The summed E-state index contributed by atoms with van der Waals surface area (Å²) in [4.78, 5) is 12.7. The normalized spacial score (nSPS) is 14.7. The molecule has 1 amide bonds. The van der Waals surface area contributed by atoms with Crippen LogP contribution in [0.5, 0.6) is 0 Å². The third-order valence-electron chi connectivity index (χ3n) is 2.02. The van der Waals surface area contributed by atoms with Gasteiger partial charge in [-0.05, 0) is 31.6 Å². The zero-order chi connectivity index (χ0) is 10.1. The van der Waals surface area contributed by atoms with E-state index in [-0.39, 0.29) is 5.91 Å². The van der Waals surface area contributed by atoms with Gasteiger partial charge in [0.1, 0.15) is 0 Å². The van der Waals surface area contributed by atoms with Gasteiger partial charge in [0, 0.05) is 4.90 Å². The summed E-state index contributed by atoms with van der Waals surface area (Å²) in [6.45, 7) is 3.99. The largest absolute Gasteiger partial charge is 0.316 e. The fourth-order valence-corrected chi connectivity index (χ4v) is 2.26. The Morgan fingerprint density at radius 1 is 1.29 bits per heavy atom. The maximum absolute atomic E-state index is 11.6. The average Bonchev–Trinajstić information content (AvgIpc) is 2.17. The zero-order valence-corrected chi connectivity index (χ0v) is 8.94. The molecule has 0 aromatic heterocycles. The molecule has 1 aromatic carbocycles. The first kappa shape index (κ1) is 9.34. The monoisotopic (exact) mass is 205 g/mol. The Kier molecular flexibility index (Phi) is 2.33. The summed E-state index contributed by atoms with van der Waals surface area (Å²) in [5.41, 5.74) is 1.90. The van der Waals surface area contributed by atoms with E-state index in [0.29, 0.717) is 0 Å². The van der Waals surface area contributed by atoms with Crippen LogP contribution in [-0.2, 0) is 0 Å². The molecule has 1 N–H and O–H groups in total. The van der Waals surface area contributed by atoms with Gasteiger partial charge in [0.15, 0.2) is 0 Å². The molecule has 0 bridgehead atoms. The second kappa shape index (κ2) is 3.50. The fraction of sp³-hybridized carbons (Fsp3) is 0.182. The van der Waals surface area contributed by atoms with Crippen LogP contribution in [0.4, 0.5) is 0 Å². The van der Waals surface area contributed by atoms with Crippen LogP contribution in [0.25, 0.3) is 0 Å². The first-order valence-electron chi connectivity index (χ1n) is 4.44. The molecule has 0 radical (unpaired) electrons. The van der Waals surface area contributed by atoms with Crippen molar-refractivity contribution >= 4 is 17.7 Å². The van der Waals surface area contributed by atoms with Crippen molar-refractivity contribution in [1.82, 2.24) is 5.32 Å². The smallest absolute Gasteiger partial charge is 0.257 e. The number of benzene rings is 1. The second-order valence-electron chi connectivity index (χ2n) is 3.38. The Morgan fingerprint density at radius 2 is 2.00 bits per heavy atom. The number of allylic oxidation sites excluding steroid dienone is 1. The number of carbonyl (C=O) groups is 1. The molecule has 0 fully saturated rings. The summed E-state index contributed by atoms with van der Waals surface area (Å²) < 4.78 is 0. The van der Waals surface area contributed by atoms with Crippen LogP contribution in [0.1, 0.15) is 24.2 Å². The SMILES string of the molecule is CC(C)=C1NC(=O)c2ccccc2S1. The van der Waals surface area contributed by atoms with Crippen molar-refractivity contribution in [3.05, 3.63) is 40.4 Å². The molecule has 14 heavy (non-hydrogen) atoms. The summed E-state index contributed by atoms with van der Waals surface area (Å²) in [6.07, 6.45) is 0. The molecule has 72 valence electrons. The zero-order valence-electron chi connectivity index (χ0n) is 8.13. The van der Waals surface area contributed by atoms with Crippen LogP contribution in [0, 0.1) is 0 Å². The van der Waals surface area contributed by atoms with Gasteiger partial charge in [0.05, 0.1) is 10.6 Å². The van der Waals surface area contributed by atoms with Gasteiger partial charge in [0.25, 0.3) is 5.91 Å². The molecule has 0 atom stereocenters. The highest BCUT2D eigenvalue weighted by molar-refractivity contribution is 8.03. The first-order valence-corrected chi connectivity index (χ1v) is 5.26.